The van der Waals surface area contributed by atoms with Gasteiger partial charge in [0.15, 0.2) is 0 Å². The van der Waals surface area contributed by atoms with E-state index in [1.807, 2.05) is 0 Å². The minimum atomic E-state index is -1.54. The van der Waals surface area contributed by atoms with Gasteiger partial charge in [0.05, 0.1) is 6.10 Å². The fourth-order valence-corrected chi connectivity index (χ4v) is 10.5. The normalized spacial score (nSPS) is 17.6. The van der Waals surface area contributed by atoms with Gasteiger partial charge in [-0.25, -0.2) is 0 Å². The first-order chi connectivity index (χ1) is 13.8. The molecule has 0 saturated carbocycles. The molecule has 0 bridgehead atoms. The summed E-state index contributed by atoms with van der Waals surface area (Å²) in [7, 11) is -1.54. The molecule has 1 atom stereocenters. The van der Waals surface area contributed by atoms with Gasteiger partial charge >= 0.3 is 0 Å². The van der Waals surface area contributed by atoms with Crippen LogP contribution in [-0.2, 0) is 9.53 Å². The number of ether oxygens (including phenoxy) is 1. The zero-order chi connectivity index (χ0) is 21.7. The van der Waals surface area contributed by atoms with Crippen LogP contribution in [0.5, 0.6) is 0 Å². The monoisotopic (exact) mass is 420 g/mol. The van der Waals surface area contributed by atoms with Crippen molar-refractivity contribution in [1.29, 1.82) is 0 Å². The maximum atomic E-state index is 12.1. The molecule has 0 radical (unpaired) electrons. The molecule has 0 N–H and O–H groups in total. The van der Waals surface area contributed by atoms with Crippen molar-refractivity contribution in [2.75, 3.05) is 6.61 Å². The van der Waals surface area contributed by atoms with Crippen molar-refractivity contribution in [2.45, 2.75) is 141 Å². The predicted octanol–water partition coefficient (Wildman–Crippen LogP) is 7.86. The molecule has 1 heterocycles. The molecule has 1 aliphatic rings. The Bertz CT molecular complexity index is 485. The minimum absolute atomic E-state index is 0.209. The van der Waals surface area contributed by atoms with Crippen molar-refractivity contribution in [3.8, 4) is 11.5 Å². The van der Waals surface area contributed by atoms with Gasteiger partial charge in [0.25, 0.3) is 0 Å². The number of unbranched alkanes of at least 4 members (excludes halogenated alkanes) is 6. The van der Waals surface area contributed by atoms with Crippen LogP contribution in [0.3, 0.4) is 0 Å². The lowest BCUT2D eigenvalue weighted by Gasteiger charge is -2.38. The third-order valence-corrected chi connectivity index (χ3v) is 13.2. The van der Waals surface area contributed by atoms with Gasteiger partial charge in [0.2, 0.25) is 0 Å². The fourth-order valence-electron chi connectivity index (χ4n) is 5.22. The summed E-state index contributed by atoms with van der Waals surface area (Å²) in [5, 5.41) is 0. The van der Waals surface area contributed by atoms with E-state index < -0.39 is 8.07 Å². The third-order valence-electron chi connectivity index (χ3n) is 6.91. The quantitative estimate of drug-likeness (QED) is 0.172. The summed E-state index contributed by atoms with van der Waals surface area (Å²) in [4.78, 5) is 12.1. The highest BCUT2D eigenvalue weighted by molar-refractivity contribution is 6.90. The average molecular weight is 421 g/mol. The molecule has 0 spiro atoms. The van der Waals surface area contributed by atoms with Crippen LogP contribution in [0.1, 0.15) is 119 Å². The van der Waals surface area contributed by atoms with Crippen LogP contribution in [0.2, 0.25) is 16.6 Å². The van der Waals surface area contributed by atoms with E-state index in [4.69, 9.17) is 4.74 Å². The summed E-state index contributed by atoms with van der Waals surface area (Å²) < 4.78 is 5.67. The first-order valence-electron chi connectivity index (χ1n) is 12.4. The Kier molecular flexibility index (Phi) is 13.1. The van der Waals surface area contributed by atoms with Gasteiger partial charge in [-0.3, -0.25) is 4.79 Å². The molecule has 0 aromatic carbocycles. The van der Waals surface area contributed by atoms with Crippen LogP contribution in [-0.4, -0.2) is 26.6 Å². The van der Waals surface area contributed by atoms with Crippen LogP contribution in [0, 0.1) is 11.5 Å². The molecular formula is C26H48O2Si. The standard InChI is InChI=1S/C26H48O2Si/c1-22(2)29(23(3)4,24(5)6)20-16-12-10-8-7-9-11-13-17-25(27)21-26-18-14-15-19-28-26/h22-24,26H,7-15,17-19,21H2,1-6H3. The zero-order valence-corrected chi connectivity index (χ0v) is 21.3. The molecule has 1 fully saturated rings. The van der Waals surface area contributed by atoms with Gasteiger partial charge in [-0.1, -0.05) is 67.2 Å². The van der Waals surface area contributed by atoms with E-state index >= 15 is 0 Å². The van der Waals surface area contributed by atoms with Gasteiger partial charge in [-0.05, 0) is 48.7 Å². The Balaban J connectivity index is 2.12. The number of ketones is 1. The molecule has 3 heteroatoms. The summed E-state index contributed by atoms with van der Waals surface area (Å²) in [6, 6.07) is 0. The van der Waals surface area contributed by atoms with Crippen molar-refractivity contribution < 1.29 is 9.53 Å². The van der Waals surface area contributed by atoms with E-state index in [-0.39, 0.29) is 6.10 Å². The summed E-state index contributed by atoms with van der Waals surface area (Å²) >= 11 is 0. The SMILES string of the molecule is CC(C)[Si](C#CCCCCCCCCC(=O)CC1CCCCO1)(C(C)C)C(C)C. The largest absolute Gasteiger partial charge is 0.378 e. The summed E-state index contributed by atoms with van der Waals surface area (Å²) in [6.07, 6.45) is 13.4. The molecule has 168 valence electrons. The Labute approximate surface area is 183 Å². The maximum Gasteiger partial charge on any atom is 0.145 e. The highest BCUT2D eigenvalue weighted by atomic mass is 28.3. The molecule has 1 aliphatic heterocycles. The summed E-state index contributed by atoms with van der Waals surface area (Å²) in [5.74, 6) is 3.98. The van der Waals surface area contributed by atoms with Gasteiger partial charge in [0, 0.05) is 25.9 Å². The maximum absolute atomic E-state index is 12.1. The third kappa shape index (κ3) is 9.39. The lowest BCUT2D eigenvalue weighted by atomic mass is 10.0. The molecule has 0 aliphatic carbocycles. The van der Waals surface area contributed by atoms with Crippen molar-refractivity contribution in [3.63, 3.8) is 0 Å². The Morgan fingerprint density at radius 2 is 1.48 bits per heavy atom. The van der Waals surface area contributed by atoms with E-state index in [2.05, 4.69) is 53.0 Å². The lowest BCUT2D eigenvalue weighted by molar-refractivity contribution is -0.122. The van der Waals surface area contributed by atoms with E-state index in [0.717, 1.165) is 55.3 Å². The van der Waals surface area contributed by atoms with Crippen LogP contribution >= 0.6 is 0 Å². The highest BCUT2D eigenvalue weighted by Gasteiger charge is 2.41. The van der Waals surface area contributed by atoms with Crippen molar-refractivity contribution >= 4 is 13.9 Å². The second-order valence-corrected chi connectivity index (χ2v) is 15.6. The molecular weight excluding hydrogens is 372 g/mol. The van der Waals surface area contributed by atoms with Gasteiger partial charge in [0.1, 0.15) is 13.9 Å². The lowest BCUT2D eigenvalue weighted by Crippen LogP contribution is -2.43. The molecule has 0 aromatic rings. The first-order valence-corrected chi connectivity index (χ1v) is 14.7. The number of carbonyl (C=O) groups is 1. The number of Topliss-reactive ketones (excluding diaryl/α,β-unsaturated/α-hetero) is 1. The predicted molar refractivity (Wildman–Crippen MR) is 129 cm³/mol. The van der Waals surface area contributed by atoms with Crippen LogP contribution in [0.4, 0.5) is 0 Å². The van der Waals surface area contributed by atoms with Gasteiger partial charge in [-0.2, -0.15) is 0 Å². The molecule has 1 rings (SSSR count). The fraction of sp³-hybridized carbons (Fsp3) is 0.885. The van der Waals surface area contributed by atoms with E-state index in [0.29, 0.717) is 12.2 Å². The Hall–Kier alpha value is -0.593. The van der Waals surface area contributed by atoms with E-state index in [9.17, 15) is 4.79 Å². The minimum Gasteiger partial charge on any atom is -0.378 e. The molecule has 1 unspecified atom stereocenters. The Morgan fingerprint density at radius 3 is 2.03 bits per heavy atom. The van der Waals surface area contributed by atoms with E-state index in [1.165, 1.54) is 38.5 Å². The number of rotatable bonds is 13. The molecule has 1 saturated heterocycles. The van der Waals surface area contributed by atoms with Crippen molar-refractivity contribution in [1.82, 2.24) is 0 Å². The second kappa shape index (κ2) is 14.4. The number of carbonyl (C=O) groups excluding carboxylic acids is 1. The molecule has 0 aromatic heterocycles. The van der Waals surface area contributed by atoms with Crippen LogP contribution in [0.15, 0.2) is 0 Å². The van der Waals surface area contributed by atoms with Gasteiger partial charge in [-0.15, -0.1) is 11.5 Å². The molecule has 0 amide bonds. The van der Waals surface area contributed by atoms with E-state index in [1.54, 1.807) is 0 Å². The van der Waals surface area contributed by atoms with Crippen LogP contribution < -0.4 is 0 Å². The number of hydrogen-bond donors (Lipinski definition) is 0. The summed E-state index contributed by atoms with van der Waals surface area (Å²) in [6.45, 7) is 15.1. The number of hydrogen-bond acceptors (Lipinski definition) is 2. The van der Waals surface area contributed by atoms with Gasteiger partial charge < -0.3 is 4.74 Å². The van der Waals surface area contributed by atoms with Crippen LogP contribution in [0.25, 0.3) is 0 Å². The summed E-state index contributed by atoms with van der Waals surface area (Å²) in [5.41, 5.74) is 6.00. The topological polar surface area (TPSA) is 26.3 Å². The van der Waals surface area contributed by atoms with Crippen molar-refractivity contribution in [2.24, 2.45) is 0 Å². The first kappa shape index (κ1) is 26.4. The average Bonchev–Trinajstić information content (AvgIpc) is 2.66. The smallest absolute Gasteiger partial charge is 0.145 e. The molecule has 29 heavy (non-hydrogen) atoms. The molecule has 2 nitrogen and oxygen atoms in total. The second-order valence-electron chi connectivity index (χ2n) is 10.1. The zero-order valence-electron chi connectivity index (χ0n) is 20.3. The van der Waals surface area contributed by atoms with Crippen molar-refractivity contribution in [3.05, 3.63) is 0 Å². The highest BCUT2D eigenvalue weighted by Crippen LogP contribution is 2.40. The Morgan fingerprint density at radius 1 is 0.897 bits per heavy atom.